The lowest BCUT2D eigenvalue weighted by molar-refractivity contribution is -0.119. The van der Waals surface area contributed by atoms with Crippen LogP contribution in [0.4, 0.5) is 4.79 Å². The third kappa shape index (κ3) is 4.72. The number of fused-ring (bicyclic) bond motifs is 1. The van der Waals surface area contributed by atoms with Crippen LogP contribution in [0.2, 0.25) is 0 Å². The molecule has 0 aliphatic heterocycles. The van der Waals surface area contributed by atoms with E-state index in [1.165, 1.54) is 11.8 Å². The maximum atomic E-state index is 12.3. The molecule has 1 aliphatic carbocycles. The second-order valence-electron chi connectivity index (χ2n) is 7.03. The fraction of sp³-hybridized carbons (Fsp3) is 0.474. The molecule has 6 nitrogen and oxygen atoms in total. The van der Waals surface area contributed by atoms with Crippen LogP contribution < -0.4 is 10.6 Å². The van der Waals surface area contributed by atoms with Crippen LogP contribution >= 0.6 is 11.8 Å². The zero-order valence-corrected chi connectivity index (χ0v) is 16.1. The Kier molecular flexibility index (Phi) is 5.76. The van der Waals surface area contributed by atoms with E-state index in [4.69, 9.17) is 4.98 Å². The fourth-order valence-electron chi connectivity index (χ4n) is 2.45. The van der Waals surface area contributed by atoms with Crippen LogP contribution in [0.25, 0.3) is 10.9 Å². The summed E-state index contributed by atoms with van der Waals surface area (Å²) in [7, 11) is 0. The molecule has 1 heterocycles. The number of para-hydroxylation sites is 1. The number of imide groups is 1. The van der Waals surface area contributed by atoms with Crippen molar-refractivity contribution in [2.45, 2.75) is 49.8 Å². The van der Waals surface area contributed by atoms with Crippen molar-refractivity contribution in [2.24, 2.45) is 5.92 Å². The van der Waals surface area contributed by atoms with Gasteiger partial charge in [-0.15, -0.1) is 0 Å². The van der Waals surface area contributed by atoms with Crippen LogP contribution in [0.1, 0.15) is 45.4 Å². The first-order chi connectivity index (χ1) is 12.4. The van der Waals surface area contributed by atoms with Crippen LogP contribution in [-0.2, 0) is 4.79 Å². The van der Waals surface area contributed by atoms with Gasteiger partial charge in [0.1, 0.15) is 10.9 Å². The van der Waals surface area contributed by atoms with Crippen molar-refractivity contribution in [3.8, 4) is 0 Å². The summed E-state index contributed by atoms with van der Waals surface area (Å²) in [6.07, 6.45) is 2.24. The number of rotatable bonds is 6. The van der Waals surface area contributed by atoms with Gasteiger partial charge in [0, 0.05) is 17.8 Å². The summed E-state index contributed by atoms with van der Waals surface area (Å²) in [6.45, 7) is 6.31. The Bertz CT molecular complexity index is 820. The van der Waals surface area contributed by atoms with Gasteiger partial charge in [0.2, 0.25) is 5.91 Å². The standard InChI is InChI=1S/C19H24N4O2S/c1-11(2)10-20-19(25)23-17(24)12(3)26-18-14-6-4-5-7-15(14)21-16(22-18)13-8-9-13/h4-7,11-13H,8-10H2,1-3H3,(H2,20,23,24,25). The van der Waals surface area contributed by atoms with E-state index < -0.39 is 11.3 Å². The average molecular weight is 372 g/mol. The lowest BCUT2D eigenvalue weighted by Crippen LogP contribution is -2.43. The number of hydrogen-bond donors (Lipinski definition) is 2. The molecule has 1 aromatic carbocycles. The van der Waals surface area contributed by atoms with E-state index in [-0.39, 0.29) is 5.91 Å². The minimum absolute atomic E-state index is 0.327. The molecule has 2 N–H and O–H groups in total. The highest BCUT2D eigenvalue weighted by atomic mass is 32.2. The first-order valence-corrected chi connectivity index (χ1v) is 9.84. The molecule has 3 rings (SSSR count). The van der Waals surface area contributed by atoms with E-state index in [1.807, 2.05) is 38.1 Å². The Morgan fingerprint density at radius 3 is 2.62 bits per heavy atom. The Hall–Kier alpha value is -2.15. The van der Waals surface area contributed by atoms with Gasteiger partial charge in [-0.25, -0.2) is 14.8 Å². The molecule has 1 atom stereocenters. The second kappa shape index (κ2) is 8.03. The molecule has 1 saturated carbocycles. The molecule has 0 radical (unpaired) electrons. The van der Waals surface area contributed by atoms with Crippen molar-refractivity contribution in [3.63, 3.8) is 0 Å². The number of urea groups is 1. The molecule has 0 bridgehead atoms. The number of nitrogens with one attached hydrogen (secondary N) is 2. The van der Waals surface area contributed by atoms with Gasteiger partial charge >= 0.3 is 6.03 Å². The van der Waals surface area contributed by atoms with E-state index in [0.29, 0.717) is 18.4 Å². The monoisotopic (exact) mass is 372 g/mol. The highest BCUT2D eigenvalue weighted by Gasteiger charge is 2.28. The van der Waals surface area contributed by atoms with Crippen molar-refractivity contribution in [1.29, 1.82) is 0 Å². The van der Waals surface area contributed by atoms with E-state index in [0.717, 1.165) is 34.6 Å². The number of carbonyl (C=O) groups is 2. The quantitative estimate of drug-likeness (QED) is 0.599. The largest absolute Gasteiger partial charge is 0.338 e. The third-order valence-electron chi connectivity index (χ3n) is 4.09. The smallest absolute Gasteiger partial charge is 0.321 e. The Morgan fingerprint density at radius 2 is 1.92 bits per heavy atom. The average Bonchev–Trinajstić information content (AvgIpc) is 3.45. The fourth-order valence-corrected chi connectivity index (χ4v) is 3.40. The maximum Gasteiger partial charge on any atom is 0.321 e. The van der Waals surface area contributed by atoms with Gasteiger partial charge in [-0.1, -0.05) is 43.8 Å². The SMILES string of the molecule is CC(C)CNC(=O)NC(=O)C(C)Sc1nc(C2CC2)nc2ccccc12. The van der Waals surface area contributed by atoms with Crippen LogP contribution in [0.5, 0.6) is 0 Å². The summed E-state index contributed by atoms with van der Waals surface area (Å²) in [6, 6.07) is 7.37. The van der Waals surface area contributed by atoms with Gasteiger partial charge in [0.25, 0.3) is 0 Å². The third-order valence-corrected chi connectivity index (χ3v) is 5.20. The summed E-state index contributed by atoms with van der Waals surface area (Å²) >= 11 is 1.36. The second-order valence-corrected chi connectivity index (χ2v) is 8.36. The van der Waals surface area contributed by atoms with Crippen molar-refractivity contribution < 1.29 is 9.59 Å². The maximum absolute atomic E-state index is 12.3. The Morgan fingerprint density at radius 1 is 1.19 bits per heavy atom. The Balaban J connectivity index is 1.71. The molecule has 0 spiro atoms. The van der Waals surface area contributed by atoms with E-state index in [1.54, 1.807) is 6.92 Å². The van der Waals surface area contributed by atoms with Gasteiger partial charge in [-0.3, -0.25) is 10.1 Å². The molecular formula is C19H24N4O2S. The van der Waals surface area contributed by atoms with Crippen LogP contribution in [0.3, 0.4) is 0 Å². The van der Waals surface area contributed by atoms with Gasteiger partial charge < -0.3 is 5.32 Å². The van der Waals surface area contributed by atoms with Gasteiger partial charge in [0.05, 0.1) is 10.8 Å². The molecule has 1 unspecified atom stereocenters. The zero-order chi connectivity index (χ0) is 18.7. The molecule has 1 aromatic heterocycles. The minimum Gasteiger partial charge on any atom is -0.338 e. The van der Waals surface area contributed by atoms with Crippen molar-refractivity contribution in [3.05, 3.63) is 30.1 Å². The van der Waals surface area contributed by atoms with Gasteiger partial charge in [-0.2, -0.15) is 0 Å². The van der Waals surface area contributed by atoms with E-state index in [9.17, 15) is 9.59 Å². The van der Waals surface area contributed by atoms with Crippen molar-refractivity contribution >= 4 is 34.6 Å². The van der Waals surface area contributed by atoms with E-state index in [2.05, 4.69) is 15.6 Å². The zero-order valence-electron chi connectivity index (χ0n) is 15.3. The molecule has 1 aliphatic rings. The van der Waals surface area contributed by atoms with E-state index >= 15 is 0 Å². The highest BCUT2D eigenvalue weighted by molar-refractivity contribution is 8.00. The van der Waals surface area contributed by atoms with Crippen LogP contribution in [-0.4, -0.2) is 33.7 Å². The normalized spacial score (nSPS) is 15.1. The minimum atomic E-state index is -0.456. The summed E-state index contributed by atoms with van der Waals surface area (Å²) in [4.78, 5) is 33.5. The molecule has 1 fully saturated rings. The topological polar surface area (TPSA) is 84.0 Å². The molecule has 26 heavy (non-hydrogen) atoms. The number of hydrogen-bond acceptors (Lipinski definition) is 5. The number of carbonyl (C=O) groups excluding carboxylic acids is 2. The molecule has 138 valence electrons. The van der Waals surface area contributed by atoms with Crippen LogP contribution in [0, 0.1) is 5.92 Å². The van der Waals surface area contributed by atoms with Gasteiger partial charge in [0.15, 0.2) is 0 Å². The number of amides is 3. The van der Waals surface area contributed by atoms with Crippen LogP contribution in [0.15, 0.2) is 29.3 Å². The van der Waals surface area contributed by atoms with Crippen molar-refractivity contribution in [2.75, 3.05) is 6.54 Å². The van der Waals surface area contributed by atoms with Gasteiger partial charge in [-0.05, 0) is 31.7 Å². The number of thioether (sulfide) groups is 1. The lowest BCUT2D eigenvalue weighted by atomic mass is 10.2. The van der Waals surface area contributed by atoms with Crippen molar-refractivity contribution in [1.82, 2.24) is 20.6 Å². The highest BCUT2D eigenvalue weighted by Crippen LogP contribution is 2.40. The number of nitrogens with zero attached hydrogens (tertiary/aromatic N) is 2. The molecule has 7 heteroatoms. The molecule has 0 saturated heterocycles. The summed E-state index contributed by atoms with van der Waals surface area (Å²) < 4.78 is 0. The molecule has 3 amide bonds. The summed E-state index contributed by atoms with van der Waals surface area (Å²) in [5.41, 5.74) is 0.897. The molecule has 2 aromatic rings. The Labute approximate surface area is 157 Å². The summed E-state index contributed by atoms with van der Waals surface area (Å²) in [5.74, 6) is 1.29. The molecular weight excluding hydrogens is 348 g/mol. The summed E-state index contributed by atoms with van der Waals surface area (Å²) in [5, 5.41) is 6.38. The first kappa shape index (κ1) is 18.6. The number of benzene rings is 1. The predicted octanol–water partition coefficient (Wildman–Crippen LogP) is 3.47. The first-order valence-electron chi connectivity index (χ1n) is 8.96. The lowest BCUT2D eigenvalue weighted by Gasteiger charge is -2.14. The predicted molar refractivity (Wildman–Crippen MR) is 103 cm³/mol. The number of aromatic nitrogens is 2.